The van der Waals surface area contributed by atoms with Gasteiger partial charge in [-0.25, -0.2) is 0 Å². The molecule has 4 N–H and O–H groups in total. The van der Waals surface area contributed by atoms with Crippen LogP contribution in [0, 0.1) is 22.2 Å². The minimum Gasteiger partial charge on any atom is -0.462 e. The van der Waals surface area contributed by atoms with E-state index >= 15 is 0 Å². The summed E-state index contributed by atoms with van der Waals surface area (Å²) in [6, 6.07) is 0.122. The number of nitrogens with two attached hydrogens (primary N) is 1. The number of ether oxygens (including phenoxy) is 1. The maximum atomic E-state index is 12.8. The van der Waals surface area contributed by atoms with Crippen molar-refractivity contribution in [3.05, 3.63) is 12.7 Å². The highest BCUT2D eigenvalue weighted by Gasteiger charge is 2.74. The summed E-state index contributed by atoms with van der Waals surface area (Å²) in [4.78, 5) is 25.2. The van der Waals surface area contributed by atoms with E-state index in [4.69, 9.17) is 10.5 Å². The summed E-state index contributed by atoms with van der Waals surface area (Å²) >= 11 is 1.46. The van der Waals surface area contributed by atoms with Crippen LogP contribution in [-0.4, -0.2) is 57.3 Å². The lowest BCUT2D eigenvalue weighted by atomic mass is 9.68. The Bertz CT molecular complexity index is 787. The van der Waals surface area contributed by atoms with E-state index in [0.717, 1.165) is 38.5 Å². The lowest BCUT2D eigenvalue weighted by Gasteiger charge is -2.40. The summed E-state index contributed by atoms with van der Waals surface area (Å²) < 4.78 is 5.92. The van der Waals surface area contributed by atoms with Crippen molar-refractivity contribution in [1.29, 1.82) is 0 Å². The molecular weight excluding hydrogens is 462 g/mol. The van der Waals surface area contributed by atoms with Crippen LogP contribution >= 0.6 is 11.8 Å². The number of fused-ring (bicyclic) bond motifs is 1. The molecule has 3 fully saturated rings. The van der Waals surface area contributed by atoms with Crippen LogP contribution in [0.4, 0.5) is 0 Å². The molecule has 7 heteroatoms. The van der Waals surface area contributed by atoms with E-state index in [1.807, 2.05) is 6.92 Å². The van der Waals surface area contributed by atoms with Crippen molar-refractivity contribution in [1.82, 2.24) is 0 Å². The van der Waals surface area contributed by atoms with Crippen LogP contribution in [0.2, 0.25) is 0 Å². The van der Waals surface area contributed by atoms with Crippen LogP contribution in [0.5, 0.6) is 0 Å². The van der Waals surface area contributed by atoms with Crippen molar-refractivity contribution < 1.29 is 24.5 Å². The number of carbonyl (C=O) groups excluding carboxylic acids is 2. The van der Waals surface area contributed by atoms with Gasteiger partial charge in [-0.2, -0.15) is 0 Å². The predicted molar refractivity (Wildman–Crippen MR) is 141 cm³/mol. The molecule has 3 aliphatic rings. The lowest BCUT2D eigenvalue weighted by molar-refractivity contribution is -0.149. The molecule has 3 rings (SSSR count). The molecule has 0 spiro atoms. The second-order valence-electron chi connectivity index (χ2n) is 12.0. The summed E-state index contributed by atoms with van der Waals surface area (Å²) in [6.07, 6.45) is 7.89. The van der Waals surface area contributed by atoms with E-state index in [-0.39, 0.29) is 45.9 Å². The largest absolute Gasteiger partial charge is 0.462 e. The standard InChI is InChI=1S/C28H47NO5S/c1-6-8-20(34-24(32)16-35-22-12-10-19(29)9-11-21(22)30)15-26(4,7-2)25(33)18(3)28-14-13-23(31)27(28,5)17-28/h7,18-22,25,30,33H,2,6,8-17,29H2,1,3-5H3/t18-,19?,20-,21?,22?,25?,26+,27?,28?/m0/s1. The molecule has 3 saturated carbocycles. The highest BCUT2D eigenvalue weighted by atomic mass is 32.2. The van der Waals surface area contributed by atoms with Crippen molar-refractivity contribution >= 4 is 23.5 Å². The van der Waals surface area contributed by atoms with Crippen LogP contribution in [-0.2, 0) is 14.3 Å². The van der Waals surface area contributed by atoms with Crippen molar-refractivity contribution in [2.45, 2.75) is 122 Å². The molecule has 6 nitrogen and oxygen atoms in total. The molecule has 0 bridgehead atoms. The first kappa shape index (κ1) is 28.7. The zero-order chi connectivity index (χ0) is 26.0. The van der Waals surface area contributed by atoms with Gasteiger partial charge >= 0.3 is 5.97 Å². The van der Waals surface area contributed by atoms with Crippen molar-refractivity contribution in [3.8, 4) is 0 Å². The second-order valence-corrected chi connectivity index (χ2v) is 13.2. The minimum atomic E-state index is -0.675. The molecule has 3 aliphatic carbocycles. The number of carbonyl (C=O) groups is 2. The molecular formula is C28H47NO5S. The topological polar surface area (TPSA) is 110 Å². The van der Waals surface area contributed by atoms with E-state index in [1.54, 1.807) is 6.08 Å². The lowest BCUT2D eigenvalue weighted by Crippen LogP contribution is -2.43. The van der Waals surface area contributed by atoms with Gasteiger partial charge in [0.15, 0.2) is 0 Å². The highest BCUT2D eigenvalue weighted by Crippen LogP contribution is 2.75. The number of rotatable bonds is 12. The SMILES string of the molecule is C=C[C@](C)(C[C@H](CCC)OC(=O)CSC1CCC(N)CCC1O)C(O)[C@H](C)C12CCC(=O)C1(C)C2. The molecule has 9 atom stereocenters. The molecule has 0 saturated heterocycles. The number of thioether (sulfide) groups is 1. The first-order valence-electron chi connectivity index (χ1n) is 13.5. The molecule has 200 valence electrons. The van der Waals surface area contributed by atoms with Crippen LogP contribution < -0.4 is 5.73 Å². The number of Topliss-reactive ketones (excluding diaryl/α,β-unsaturated/α-hetero) is 1. The number of aliphatic hydroxyl groups is 2. The molecule has 0 aromatic carbocycles. The maximum absolute atomic E-state index is 12.8. The number of ketones is 1. The number of aliphatic hydroxyl groups excluding tert-OH is 2. The molecule has 35 heavy (non-hydrogen) atoms. The Hall–Kier alpha value is -0.890. The summed E-state index contributed by atoms with van der Waals surface area (Å²) in [5.41, 5.74) is 4.99. The van der Waals surface area contributed by atoms with Gasteiger partial charge in [-0.05, 0) is 62.7 Å². The van der Waals surface area contributed by atoms with Gasteiger partial charge < -0.3 is 20.7 Å². The Morgan fingerprint density at radius 3 is 2.63 bits per heavy atom. The van der Waals surface area contributed by atoms with E-state index in [2.05, 4.69) is 27.4 Å². The summed E-state index contributed by atoms with van der Waals surface area (Å²) in [7, 11) is 0. The minimum absolute atomic E-state index is 0.00284. The van der Waals surface area contributed by atoms with E-state index in [9.17, 15) is 19.8 Å². The zero-order valence-corrected chi connectivity index (χ0v) is 22.9. The van der Waals surface area contributed by atoms with Crippen LogP contribution in [0.15, 0.2) is 12.7 Å². The van der Waals surface area contributed by atoms with Crippen LogP contribution in [0.3, 0.4) is 0 Å². The van der Waals surface area contributed by atoms with E-state index in [1.165, 1.54) is 11.8 Å². The molecule has 0 aromatic heterocycles. The third-order valence-corrected chi connectivity index (χ3v) is 11.0. The number of esters is 1. The monoisotopic (exact) mass is 509 g/mol. The molecule has 6 unspecified atom stereocenters. The highest BCUT2D eigenvalue weighted by molar-refractivity contribution is 8.00. The van der Waals surface area contributed by atoms with Crippen molar-refractivity contribution in [2.75, 3.05) is 5.75 Å². The van der Waals surface area contributed by atoms with Gasteiger partial charge in [0, 0.05) is 28.5 Å². The number of hydrogen-bond acceptors (Lipinski definition) is 7. The Kier molecular flexibility index (Phi) is 9.21. The zero-order valence-electron chi connectivity index (χ0n) is 22.1. The summed E-state index contributed by atoms with van der Waals surface area (Å²) in [5, 5.41) is 21.9. The van der Waals surface area contributed by atoms with Gasteiger partial charge in [0.05, 0.1) is 18.0 Å². The first-order chi connectivity index (χ1) is 16.4. The quantitative estimate of drug-likeness (QED) is 0.203. The van der Waals surface area contributed by atoms with Crippen LogP contribution in [0.25, 0.3) is 0 Å². The fourth-order valence-electron chi connectivity index (χ4n) is 6.92. The smallest absolute Gasteiger partial charge is 0.316 e. The van der Waals surface area contributed by atoms with Crippen molar-refractivity contribution in [3.63, 3.8) is 0 Å². The summed E-state index contributed by atoms with van der Waals surface area (Å²) in [6.45, 7) is 12.2. The molecule has 0 radical (unpaired) electrons. The van der Waals surface area contributed by atoms with Crippen molar-refractivity contribution in [2.24, 2.45) is 27.9 Å². The average Bonchev–Trinajstić information content (AvgIpc) is 3.42. The van der Waals surface area contributed by atoms with E-state index < -0.39 is 17.6 Å². The molecule has 0 amide bonds. The maximum Gasteiger partial charge on any atom is 0.316 e. The van der Waals surface area contributed by atoms with E-state index in [0.29, 0.717) is 31.5 Å². The average molecular weight is 510 g/mol. The molecule has 0 heterocycles. The third kappa shape index (κ3) is 5.83. The van der Waals surface area contributed by atoms with Crippen LogP contribution in [0.1, 0.15) is 91.9 Å². The first-order valence-corrected chi connectivity index (χ1v) is 14.6. The number of hydrogen-bond donors (Lipinski definition) is 3. The Labute approximate surface area is 215 Å². The van der Waals surface area contributed by atoms with Gasteiger partial charge in [0.2, 0.25) is 0 Å². The summed E-state index contributed by atoms with van der Waals surface area (Å²) in [5.74, 6) is 0.203. The Balaban J connectivity index is 1.59. The van der Waals surface area contributed by atoms with Gasteiger partial charge in [0.1, 0.15) is 11.9 Å². The fourth-order valence-corrected chi connectivity index (χ4v) is 8.00. The second kappa shape index (κ2) is 11.2. The normalized spacial score (nSPS) is 36.9. The van der Waals surface area contributed by atoms with Gasteiger partial charge in [-0.15, -0.1) is 18.3 Å². The Morgan fingerprint density at radius 2 is 2.06 bits per heavy atom. The fraction of sp³-hybridized carbons (Fsp3) is 0.857. The molecule has 0 aromatic rings. The Morgan fingerprint density at radius 1 is 1.37 bits per heavy atom. The molecule has 0 aliphatic heterocycles. The third-order valence-electron chi connectivity index (χ3n) is 9.62. The van der Waals surface area contributed by atoms with Gasteiger partial charge in [-0.3, -0.25) is 9.59 Å². The van der Waals surface area contributed by atoms with Gasteiger partial charge in [0.25, 0.3) is 0 Å². The predicted octanol–water partition coefficient (Wildman–Crippen LogP) is 4.40. The van der Waals surface area contributed by atoms with Gasteiger partial charge in [-0.1, -0.05) is 40.2 Å².